The maximum Gasteiger partial charge on any atom is 0.282 e. The zero-order valence-electron chi connectivity index (χ0n) is 13.4. The van der Waals surface area contributed by atoms with Crippen LogP contribution in [0.1, 0.15) is 31.0 Å². The lowest BCUT2D eigenvalue weighted by atomic mass is 10.0. The molecule has 1 aromatic rings. The van der Waals surface area contributed by atoms with Crippen LogP contribution in [0.25, 0.3) is 0 Å². The molecule has 0 saturated carbocycles. The molecule has 1 heterocycles. The third-order valence-corrected chi connectivity index (χ3v) is 6.18. The van der Waals surface area contributed by atoms with Gasteiger partial charge in [-0.3, -0.25) is 0 Å². The normalized spacial score (nSPS) is 19.9. The molecule has 0 radical (unpaired) electrons. The molecule has 1 unspecified atom stereocenters. The molecule has 1 atom stereocenters. The van der Waals surface area contributed by atoms with Gasteiger partial charge < -0.3 is 5.32 Å². The van der Waals surface area contributed by atoms with E-state index in [1.807, 2.05) is 19.1 Å². The molecule has 0 aliphatic carbocycles. The smallest absolute Gasteiger partial charge is 0.282 e. The Morgan fingerprint density at radius 3 is 2.45 bits per heavy atom. The number of rotatable bonds is 5. The number of piperazine rings is 1. The molecule has 1 aliphatic rings. The van der Waals surface area contributed by atoms with Gasteiger partial charge >= 0.3 is 0 Å². The van der Waals surface area contributed by atoms with E-state index in [0.717, 1.165) is 12.0 Å². The minimum Gasteiger partial charge on any atom is -0.313 e. The maximum atomic E-state index is 12.6. The minimum absolute atomic E-state index is 0. The van der Waals surface area contributed by atoms with Crippen LogP contribution >= 0.6 is 12.4 Å². The highest BCUT2D eigenvalue weighted by atomic mass is 35.5. The van der Waals surface area contributed by atoms with Crippen LogP contribution in [-0.2, 0) is 16.6 Å². The number of hydrogen-bond donors (Lipinski definition) is 1. The van der Waals surface area contributed by atoms with E-state index in [0.29, 0.717) is 26.2 Å². The van der Waals surface area contributed by atoms with Crippen LogP contribution in [0.4, 0.5) is 0 Å². The zero-order chi connectivity index (χ0) is 15.5. The Bertz CT molecular complexity index is 563. The van der Waals surface area contributed by atoms with E-state index in [1.54, 1.807) is 11.4 Å². The summed E-state index contributed by atoms with van der Waals surface area (Å²) in [4.78, 5) is 0. The molecule has 0 spiro atoms. The van der Waals surface area contributed by atoms with E-state index in [4.69, 9.17) is 0 Å². The molecule has 0 bridgehead atoms. The SMILES string of the molecule is CCc1ccc(C2CNCCN2S(=O)(=O)N(C)CC)cc1.Cl. The van der Waals surface area contributed by atoms with Crippen LogP contribution in [0.5, 0.6) is 0 Å². The van der Waals surface area contributed by atoms with Crippen molar-refractivity contribution in [1.82, 2.24) is 13.9 Å². The van der Waals surface area contributed by atoms with Gasteiger partial charge in [-0.15, -0.1) is 12.4 Å². The number of aryl methyl sites for hydroxylation is 1. The van der Waals surface area contributed by atoms with Crippen LogP contribution in [0, 0.1) is 0 Å². The molecule has 1 fully saturated rings. The zero-order valence-corrected chi connectivity index (χ0v) is 15.1. The Kier molecular flexibility index (Phi) is 7.28. The topological polar surface area (TPSA) is 52.7 Å². The van der Waals surface area contributed by atoms with Crippen molar-refractivity contribution in [2.45, 2.75) is 26.3 Å². The quantitative estimate of drug-likeness (QED) is 0.883. The first-order valence-corrected chi connectivity index (χ1v) is 8.93. The molecule has 22 heavy (non-hydrogen) atoms. The number of benzene rings is 1. The summed E-state index contributed by atoms with van der Waals surface area (Å²) >= 11 is 0. The van der Waals surface area contributed by atoms with Gasteiger partial charge in [-0.25, -0.2) is 0 Å². The van der Waals surface area contributed by atoms with Crippen LogP contribution in [0.15, 0.2) is 24.3 Å². The molecule has 1 N–H and O–H groups in total. The summed E-state index contributed by atoms with van der Waals surface area (Å²) in [5.74, 6) is 0. The Labute approximate surface area is 140 Å². The van der Waals surface area contributed by atoms with E-state index in [9.17, 15) is 8.42 Å². The molecule has 1 aromatic carbocycles. The first kappa shape index (κ1) is 19.4. The Balaban J connectivity index is 0.00000242. The summed E-state index contributed by atoms with van der Waals surface area (Å²) in [5.41, 5.74) is 2.31. The van der Waals surface area contributed by atoms with Gasteiger partial charge in [0.25, 0.3) is 10.2 Å². The van der Waals surface area contributed by atoms with E-state index in [-0.39, 0.29) is 18.4 Å². The lowest BCUT2D eigenvalue weighted by Gasteiger charge is -2.37. The Morgan fingerprint density at radius 2 is 1.91 bits per heavy atom. The van der Waals surface area contributed by atoms with E-state index in [1.165, 1.54) is 9.87 Å². The lowest BCUT2D eigenvalue weighted by Crippen LogP contribution is -2.52. The maximum absolute atomic E-state index is 12.6. The number of hydrogen-bond acceptors (Lipinski definition) is 3. The van der Waals surface area contributed by atoms with Crippen molar-refractivity contribution in [1.29, 1.82) is 0 Å². The molecule has 0 aromatic heterocycles. The number of nitrogens with one attached hydrogen (secondary N) is 1. The van der Waals surface area contributed by atoms with Crippen molar-refractivity contribution in [2.24, 2.45) is 0 Å². The molecule has 1 saturated heterocycles. The molecule has 5 nitrogen and oxygen atoms in total. The monoisotopic (exact) mass is 347 g/mol. The largest absolute Gasteiger partial charge is 0.313 e. The van der Waals surface area contributed by atoms with Crippen LogP contribution in [0.3, 0.4) is 0 Å². The Morgan fingerprint density at radius 1 is 1.27 bits per heavy atom. The standard InChI is InChI=1S/C15H25N3O2S.ClH/c1-4-13-6-8-14(9-7-13)15-12-16-10-11-18(15)21(19,20)17(3)5-2;/h6-9,15-16H,4-5,10-12H2,1-3H3;1H. The van der Waals surface area contributed by atoms with Gasteiger partial charge in [-0.2, -0.15) is 17.0 Å². The van der Waals surface area contributed by atoms with Gasteiger partial charge in [-0.05, 0) is 17.5 Å². The fraction of sp³-hybridized carbons (Fsp3) is 0.600. The fourth-order valence-corrected chi connectivity index (χ4v) is 4.09. The average molecular weight is 348 g/mol. The van der Waals surface area contributed by atoms with Crippen LogP contribution in [0.2, 0.25) is 0 Å². The minimum atomic E-state index is -3.40. The summed E-state index contributed by atoms with van der Waals surface area (Å²) in [6, 6.07) is 8.12. The molecule has 0 amide bonds. The van der Waals surface area contributed by atoms with Gasteiger partial charge in [-0.1, -0.05) is 38.1 Å². The fourth-order valence-electron chi connectivity index (χ4n) is 2.56. The molecule has 126 valence electrons. The highest BCUT2D eigenvalue weighted by Gasteiger charge is 2.35. The summed E-state index contributed by atoms with van der Waals surface area (Å²) in [6.07, 6.45) is 0.990. The van der Waals surface area contributed by atoms with Crippen LogP contribution in [-0.4, -0.2) is 50.3 Å². The van der Waals surface area contributed by atoms with Crippen molar-refractivity contribution < 1.29 is 8.42 Å². The van der Waals surface area contributed by atoms with E-state index < -0.39 is 10.2 Å². The molecular formula is C15H26ClN3O2S. The second-order valence-corrected chi connectivity index (χ2v) is 7.34. The van der Waals surface area contributed by atoms with E-state index >= 15 is 0 Å². The lowest BCUT2D eigenvalue weighted by molar-refractivity contribution is 0.254. The summed E-state index contributed by atoms with van der Waals surface area (Å²) < 4.78 is 28.3. The molecular weight excluding hydrogens is 322 g/mol. The van der Waals surface area contributed by atoms with Gasteiger partial charge in [0.2, 0.25) is 0 Å². The number of halogens is 1. The molecule has 7 heteroatoms. The van der Waals surface area contributed by atoms with Crippen molar-refractivity contribution in [3.05, 3.63) is 35.4 Å². The predicted octanol–water partition coefficient (Wildman–Crippen LogP) is 1.81. The van der Waals surface area contributed by atoms with Gasteiger partial charge in [0.05, 0.1) is 6.04 Å². The summed E-state index contributed by atoms with van der Waals surface area (Å²) in [5, 5.41) is 3.30. The molecule has 2 rings (SSSR count). The Hall–Kier alpha value is -0.660. The first-order chi connectivity index (χ1) is 10.0. The number of nitrogens with zero attached hydrogens (tertiary/aromatic N) is 2. The summed E-state index contributed by atoms with van der Waals surface area (Å²) in [6.45, 7) is 6.30. The third kappa shape index (κ3) is 4.00. The summed E-state index contributed by atoms with van der Waals surface area (Å²) in [7, 11) is -1.76. The van der Waals surface area contributed by atoms with Crippen molar-refractivity contribution in [2.75, 3.05) is 33.2 Å². The van der Waals surface area contributed by atoms with Gasteiger partial charge in [0.1, 0.15) is 0 Å². The van der Waals surface area contributed by atoms with Gasteiger partial charge in [0.15, 0.2) is 0 Å². The van der Waals surface area contributed by atoms with Crippen molar-refractivity contribution >= 4 is 22.6 Å². The highest BCUT2D eigenvalue weighted by molar-refractivity contribution is 7.86. The second kappa shape index (κ2) is 8.26. The van der Waals surface area contributed by atoms with E-state index in [2.05, 4.69) is 24.4 Å². The first-order valence-electron chi connectivity index (χ1n) is 7.53. The average Bonchev–Trinajstić information content (AvgIpc) is 2.54. The third-order valence-electron chi connectivity index (χ3n) is 4.10. The predicted molar refractivity (Wildman–Crippen MR) is 92.6 cm³/mol. The van der Waals surface area contributed by atoms with Crippen molar-refractivity contribution in [3.8, 4) is 0 Å². The molecule has 1 aliphatic heterocycles. The van der Waals surface area contributed by atoms with Gasteiger partial charge in [0, 0.05) is 33.2 Å². The van der Waals surface area contributed by atoms with Crippen molar-refractivity contribution in [3.63, 3.8) is 0 Å². The highest BCUT2D eigenvalue weighted by Crippen LogP contribution is 2.26. The second-order valence-electron chi connectivity index (χ2n) is 5.35. The van der Waals surface area contributed by atoms with Crippen LogP contribution < -0.4 is 5.32 Å².